The molecule has 0 saturated heterocycles. The molecule has 0 radical (unpaired) electrons. The summed E-state index contributed by atoms with van der Waals surface area (Å²) in [5.41, 5.74) is 0.960. The molecule has 0 heterocycles. The Hall–Kier alpha value is 0.0300. The van der Waals surface area contributed by atoms with E-state index < -0.39 is 5.82 Å². The molecule has 12 heavy (non-hydrogen) atoms. The van der Waals surface area contributed by atoms with Gasteiger partial charge < -0.3 is 0 Å². The molecule has 1 aromatic rings. The second kappa shape index (κ2) is 3.83. The van der Waals surface area contributed by atoms with Gasteiger partial charge in [-0.05, 0) is 57.1 Å². The van der Waals surface area contributed by atoms with Gasteiger partial charge in [0.15, 0.2) is 6.29 Å². The van der Waals surface area contributed by atoms with Crippen LogP contribution in [0.3, 0.4) is 0 Å². The second-order valence-electron chi connectivity index (χ2n) is 2.33. The second-order valence-corrected chi connectivity index (χ2v) is 4.29. The predicted octanol–water partition coefficient (Wildman–Crippen LogP) is 3.31. The van der Waals surface area contributed by atoms with Crippen LogP contribution >= 0.6 is 38.5 Å². The molecule has 0 aliphatic carbocycles. The van der Waals surface area contributed by atoms with Crippen LogP contribution in [0.15, 0.2) is 10.5 Å². The molecule has 0 aliphatic heterocycles. The van der Waals surface area contributed by atoms with Crippen molar-refractivity contribution in [3.63, 3.8) is 0 Å². The molecule has 0 aromatic heterocycles. The van der Waals surface area contributed by atoms with Gasteiger partial charge in [-0.3, -0.25) is 4.79 Å². The van der Waals surface area contributed by atoms with Gasteiger partial charge in [0.1, 0.15) is 5.82 Å². The molecule has 4 heteroatoms. The largest absolute Gasteiger partial charge is 0.298 e. The van der Waals surface area contributed by atoms with Crippen LogP contribution in [-0.2, 0) is 0 Å². The lowest BCUT2D eigenvalue weighted by Crippen LogP contribution is -1.95. The number of rotatable bonds is 1. The first-order chi connectivity index (χ1) is 5.57. The first-order valence-electron chi connectivity index (χ1n) is 3.17. The topological polar surface area (TPSA) is 17.1 Å². The van der Waals surface area contributed by atoms with Gasteiger partial charge >= 0.3 is 0 Å². The van der Waals surface area contributed by atoms with E-state index in [0.717, 1.165) is 5.56 Å². The monoisotopic (exact) mass is 342 g/mol. The predicted molar refractivity (Wildman–Crippen MR) is 56.9 cm³/mol. The Balaban J connectivity index is 3.52. The van der Waals surface area contributed by atoms with Crippen molar-refractivity contribution in [2.45, 2.75) is 6.92 Å². The maximum absolute atomic E-state index is 13.2. The minimum Gasteiger partial charge on any atom is -0.298 e. The van der Waals surface area contributed by atoms with Crippen molar-refractivity contribution < 1.29 is 9.18 Å². The van der Waals surface area contributed by atoms with Crippen molar-refractivity contribution in [3.8, 4) is 0 Å². The van der Waals surface area contributed by atoms with Gasteiger partial charge in [0.25, 0.3) is 0 Å². The standard InChI is InChI=1S/C8H5BrFIO/c1-4-2-6(11)8(10)5(3-12)7(4)9/h2-3H,1H3. The fourth-order valence-corrected chi connectivity index (χ4v) is 2.00. The first-order valence-corrected chi connectivity index (χ1v) is 5.04. The number of aryl methyl sites for hydroxylation is 1. The molecular formula is C8H5BrFIO. The zero-order valence-electron chi connectivity index (χ0n) is 6.20. The molecule has 0 bridgehead atoms. The number of carbonyl (C=O) groups excluding carboxylic acids is 1. The highest BCUT2D eigenvalue weighted by Crippen LogP contribution is 2.26. The molecule has 1 nitrogen and oxygen atoms in total. The average molecular weight is 343 g/mol. The van der Waals surface area contributed by atoms with Crippen LogP contribution < -0.4 is 0 Å². The molecule has 0 N–H and O–H groups in total. The third-order valence-electron chi connectivity index (χ3n) is 1.49. The van der Waals surface area contributed by atoms with Crippen LogP contribution in [0.1, 0.15) is 15.9 Å². The van der Waals surface area contributed by atoms with E-state index in [9.17, 15) is 9.18 Å². The molecule has 1 rings (SSSR count). The summed E-state index contributed by atoms with van der Waals surface area (Å²) in [6, 6.07) is 1.69. The highest BCUT2D eigenvalue weighted by molar-refractivity contribution is 14.1. The maximum atomic E-state index is 13.2. The van der Waals surface area contributed by atoms with Gasteiger partial charge in [-0.25, -0.2) is 4.39 Å². The van der Waals surface area contributed by atoms with Crippen molar-refractivity contribution in [1.82, 2.24) is 0 Å². The summed E-state index contributed by atoms with van der Waals surface area (Å²) in [7, 11) is 0. The summed E-state index contributed by atoms with van der Waals surface area (Å²) >= 11 is 5.01. The Labute approximate surface area is 91.6 Å². The van der Waals surface area contributed by atoms with E-state index >= 15 is 0 Å². The number of halogens is 3. The normalized spacial score (nSPS) is 10.0. The Morgan fingerprint density at radius 3 is 2.75 bits per heavy atom. The summed E-state index contributed by atoms with van der Waals surface area (Å²) in [6.45, 7) is 1.82. The summed E-state index contributed by atoms with van der Waals surface area (Å²) in [4.78, 5) is 10.5. The van der Waals surface area contributed by atoms with Crippen LogP contribution in [-0.4, -0.2) is 6.29 Å². The fraction of sp³-hybridized carbons (Fsp3) is 0.125. The van der Waals surface area contributed by atoms with Crippen LogP contribution in [0.25, 0.3) is 0 Å². The Morgan fingerprint density at radius 1 is 1.67 bits per heavy atom. The molecule has 0 unspecified atom stereocenters. The van der Waals surface area contributed by atoms with Gasteiger partial charge in [0.05, 0.1) is 5.56 Å². The summed E-state index contributed by atoms with van der Waals surface area (Å²) in [6.07, 6.45) is 0.522. The lowest BCUT2D eigenvalue weighted by molar-refractivity contribution is 0.111. The summed E-state index contributed by atoms with van der Waals surface area (Å²) < 4.78 is 14.2. The SMILES string of the molecule is Cc1cc(I)c(F)c(C=O)c1Br. The molecule has 0 atom stereocenters. The highest BCUT2D eigenvalue weighted by atomic mass is 127. The van der Waals surface area contributed by atoms with E-state index in [0.29, 0.717) is 14.3 Å². The Bertz CT molecular complexity index is 312. The smallest absolute Gasteiger partial charge is 0.154 e. The first kappa shape index (κ1) is 10.1. The number of carbonyl (C=O) groups is 1. The highest BCUT2D eigenvalue weighted by Gasteiger charge is 2.11. The molecular weight excluding hydrogens is 338 g/mol. The maximum Gasteiger partial charge on any atom is 0.154 e. The Morgan fingerprint density at radius 2 is 2.25 bits per heavy atom. The van der Waals surface area contributed by atoms with Crippen molar-refractivity contribution in [1.29, 1.82) is 0 Å². The molecule has 0 amide bonds. The van der Waals surface area contributed by atoms with E-state index in [4.69, 9.17) is 0 Å². The van der Waals surface area contributed by atoms with Gasteiger partial charge in [-0.15, -0.1) is 0 Å². The van der Waals surface area contributed by atoms with Gasteiger partial charge in [-0.1, -0.05) is 0 Å². The van der Waals surface area contributed by atoms with Crippen molar-refractivity contribution in [3.05, 3.63) is 31.1 Å². The molecule has 0 spiro atoms. The number of hydrogen-bond acceptors (Lipinski definition) is 1. The van der Waals surface area contributed by atoms with E-state index in [1.165, 1.54) is 0 Å². The Kier molecular flexibility index (Phi) is 3.22. The molecule has 1 aromatic carbocycles. The summed E-state index contributed by atoms with van der Waals surface area (Å²) in [5, 5.41) is 0. The molecule has 0 fully saturated rings. The van der Waals surface area contributed by atoms with Gasteiger partial charge in [-0.2, -0.15) is 0 Å². The summed E-state index contributed by atoms with van der Waals surface area (Å²) in [5.74, 6) is -0.455. The quantitative estimate of drug-likeness (QED) is 0.435. The third kappa shape index (κ3) is 1.69. The van der Waals surface area contributed by atoms with E-state index in [1.54, 1.807) is 6.07 Å². The van der Waals surface area contributed by atoms with Crippen LogP contribution in [0.5, 0.6) is 0 Å². The molecule has 0 aliphatic rings. The van der Waals surface area contributed by atoms with Gasteiger partial charge in [0.2, 0.25) is 0 Å². The molecule has 64 valence electrons. The van der Waals surface area contributed by atoms with Crippen LogP contribution in [0.4, 0.5) is 4.39 Å². The van der Waals surface area contributed by atoms with Crippen LogP contribution in [0, 0.1) is 16.3 Å². The lowest BCUT2D eigenvalue weighted by atomic mass is 10.1. The average Bonchev–Trinajstić information content (AvgIpc) is 2.02. The number of benzene rings is 1. The third-order valence-corrected chi connectivity index (χ3v) is 3.33. The van der Waals surface area contributed by atoms with E-state index in [2.05, 4.69) is 15.9 Å². The van der Waals surface area contributed by atoms with Crippen LogP contribution in [0.2, 0.25) is 0 Å². The minimum absolute atomic E-state index is 0.0967. The zero-order valence-corrected chi connectivity index (χ0v) is 9.94. The van der Waals surface area contributed by atoms with Crippen molar-refractivity contribution in [2.24, 2.45) is 0 Å². The van der Waals surface area contributed by atoms with E-state index in [1.807, 2.05) is 29.5 Å². The van der Waals surface area contributed by atoms with E-state index in [-0.39, 0.29) is 5.56 Å². The van der Waals surface area contributed by atoms with Crippen molar-refractivity contribution >= 4 is 44.8 Å². The minimum atomic E-state index is -0.455. The molecule has 0 saturated carbocycles. The number of aldehydes is 1. The zero-order chi connectivity index (χ0) is 9.30. The fourth-order valence-electron chi connectivity index (χ4n) is 0.858. The van der Waals surface area contributed by atoms with Crippen molar-refractivity contribution in [2.75, 3.05) is 0 Å². The lowest BCUT2D eigenvalue weighted by Gasteiger charge is -2.04. The number of hydrogen-bond donors (Lipinski definition) is 0. The van der Waals surface area contributed by atoms with Gasteiger partial charge in [0, 0.05) is 8.04 Å².